The number of ether oxygens (including phenoxy) is 2. The van der Waals surface area contributed by atoms with Crippen LogP contribution in [0.1, 0.15) is 27.0 Å². The quantitative estimate of drug-likeness (QED) is 0.793. The Kier molecular flexibility index (Phi) is 4.80. The van der Waals surface area contributed by atoms with Crippen LogP contribution in [-0.4, -0.2) is 19.5 Å². The summed E-state index contributed by atoms with van der Waals surface area (Å²) in [6.07, 6.45) is 0. The molecule has 2 aromatic carbocycles. The molecule has 0 heterocycles. The van der Waals surface area contributed by atoms with Gasteiger partial charge in [0.1, 0.15) is 0 Å². The van der Waals surface area contributed by atoms with Crippen molar-refractivity contribution in [3.05, 3.63) is 58.7 Å². The van der Waals surface area contributed by atoms with Gasteiger partial charge >= 0.3 is 0 Å². The van der Waals surface area contributed by atoms with Crippen LogP contribution in [0.25, 0.3) is 0 Å². The van der Waals surface area contributed by atoms with Gasteiger partial charge in [-0.1, -0.05) is 23.8 Å². The van der Waals surface area contributed by atoms with Crippen LogP contribution in [0.5, 0.6) is 11.5 Å². The lowest BCUT2D eigenvalue weighted by atomic mass is 10.0. The van der Waals surface area contributed by atoms with Crippen molar-refractivity contribution in [1.82, 2.24) is 0 Å². The maximum absolute atomic E-state index is 12.3. The summed E-state index contributed by atoms with van der Waals surface area (Å²) in [7, 11) is 1.50. The molecule has 0 aliphatic heterocycles. The van der Waals surface area contributed by atoms with E-state index < -0.39 is 0 Å². The largest absolute Gasteiger partial charge is 0.493 e. The van der Waals surface area contributed by atoms with Crippen LogP contribution < -0.4 is 9.47 Å². The molecule has 0 aliphatic rings. The van der Waals surface area contributed by atoms with Crippen molar-refractivity contribution in [2.24, 2.45) is 0 Å². The summed E-state index contributed by atoms with van der Waals surface area (Å²) in [6.45, 7) is 3.81. The molecule has 0 aliphatic carbocycles. The van der Waals surface area contributed by atoms with Crippen molar-refractivity contribution >= 4 is 5.78 Å². The lowest BCUT2D eigenvalue weighted by molar-refractivity contribution is 0.0919. The third-order valence-electron chi connectivity index (χ3n) is 3.33. The second-order valence-corrected chi connectivity index (χ2v) is 5.01. The highest BCUT2D eigenvalue weighted by Crippen LogP contribution is 2.28. The third-order valence-corrected chi connectivity index (χ3v) is 3.33. The van der Waals surface area contributed by atoms with Crippen LogP contribution in [0.15, 0.2) is 36.4 Å². The molecule has 0 unspecified atom stereocenters. The Morgan fingerprint density at radius 1 is 1.14 bits per heavy atom. The van der Waals surface area contributed by atoms with E-state index in [1.165, 1.54) is 7.11 Å². The molecule has 0 spiro atoms. The number of rotatable bonds is 5. The average molecular weight is 295 g/mol. The van der Waals surface area contributed by atoms with Gasteiger partial charge in [0, 0.05) is 11.6 Å². The van der Waals surface area contributed by atoms with Crippen LogP contribution >= 0.6 is 0 Å². The highest BCUT2D eigenvalue weighted by molar-refractivity contribution is 5.98. The first kappa shape index (κ1) is 15.6. The molecule has 0 saturated carbocycles. The normalized spacial score (nSPS) is 9.91. The van der Waals surface area contributed by atoms with Crippen LogP contribution in [-0.2, 0) is 0 Å². The predicted octanol–water partition coefficient (Wildman–Crippen LogP) is 3.45. The lowest BCUT2D eigenvalue weighted by Crippen LogP contribution is -2.13. The maximum atomic E-state index is 12.3. The minimum Gasteiger partial charge on any atom is -0.493 e. The van der Waals surface area contributed by atoms with E-state index in [-0.39, 0.29) is 12.4 Å². The van der Waals surface area contributed by atoms with E-state index in [1.54, 1.807) is 18.2 Å². The zero-order valence-corrected chi connectivity index (χ0v) is 12.8. The van der Waals surface area contributed by atoms with Crippen molar-refractivity contribution in [3.8, 4) is 17.6 Å². The summed E-state index contributed by atoms with van der Waals surface area (Å²) in [5.41, 5.74) is 3.17. The van der Waals surface area contributed by atoms with Crippen molar-refractivity contribution in [2.45, 2.75) is 13.8 Å². The maximum Gasteiger partial charge on any atom is 0.200 e. The van der Waals surface area contributed by atoms with Crippen LogP contribution in [0, 0.1) is 25.2 Å². The van der Waals surface area contributed by atoms with E-state index in [1.807, 2.05) is 38.1 Å². The van der Waals surface area contributed by atoms with Gasteiger partial charge in [-0.05, 0) is 31.5 Å². The number of methoxy groups -OCH3 is 1. The number of hydrogen-bond acceptors (Lipinski definition) is 4. The van der Waals surface area contributed by atoms with E-state index in [4.69, 9.17) is 14.7 Å². The molecule has 0 fully saturated rings. The molecule has 0 bridgehead atoms. The summed E-state index contributed by atoms with van der Waals surface area (Å²) in [4.78, 5) is 12.3. The fraction of sp³-hybridized carbons (Fsp3) is 0.222. The van der Waals surface area contributed by atoms with Crippen molar-refractivity contribution in [2.75, 3.05) is 13.7 Å². The van der Waals surface area contributed by atoms with E-state index in [0.717, 1.165) is 11.1 Å². The smallest absolute Gasteiger partial charge is 0.200 e. The summed E-state index contributed by atoms with van der Waals surface area (Å²) < 4.78 is 10.7. The van der Waals surface area contributed by atoms with Gasteiger partial charge in [0.25, 0.3) is 0 Å². The molecule has 0 radical (unpaired) electrons. The number of nitriles is 1. The minimum absolute atomic E-state index is 0.0772. The van der Waals surface area contributed by atoms with Gasteiger partial charge in [-0.2, -0.15) is 5.26 Å². The number of Topliss-reactive ketones (excluding diaryl/α,β-unsaturated/α-hetero) is 1. The van der Waals surface area contributed by atoms with E-state index in [9.17, 15) is 4.79 Å². The molecular weight excluding hydrogens is 278 g/mol. The Morgan fingerprint density at radius 3 is 2.55 bits per heavy atom. The van der Waals surface area contributed by atoms with E-state index in [2.05, 4.69) is 0 Å². The number of benzene rings is 2. The molecule has 0 aromatic heterocycles. The minimum atomic E-state index is -0.0936. The molecule has 0 N–H and O–H groups in total. The number of hydrogen-bond donors (Lipinski definition) is 0. The highest BCUT2D eigenvalue weighted by Gasteiger charge is 2.12. The van der Waals surface area contributed by atoms with Gasteiger partial charge in [0.05, 0.1) is 18.7 Å². The topological polar surface area (TPSA) is 59.3 Å². The molecule has 0 saturated heterocycles. The first-order valence-corrected chi connectivity index (χ1v) is 6.86. The second-order valence-electron chi connectivity index (χ2n) is 5.01. The SMILES string of the molecule is COc1cc(C#N)ccc1OCC(=O)c1ccc(C)cc1C. The monoisotopic (exact) mass is 295 g/mol. The summed E-state index contributed by atoms with van der Waals surface area (Å²) >= 11 is 0. The molecular formula is C18H17NO3. The van der Waals surface area contributed by atoms with Gasteiger partial charge in [-0.25, -0.2) is 0 Å². The molecule has 0 atom stereocenters. The Morgan fingerprint density at radius 2 is 1.91 bits per heavy atom. The molecule has 4 heteroatoms. The van der Waals surface area contributed by atoms with E-state index in [0.29, 0.717) is 22.6 Å². The second kappa shape index (κ2) is 6.77. The molecule has 0 amide bonds. The highest BCUT2D eigenvalue weighted by atomic mass is 16.5. The van der Waals surface area contributed by atoms with Gasteiger partial charge in [-0.15, -0.1) is 0 Å². The van der Waals surface area contributed by atoms with Gasteiger partial charge in [0.15, 0.2) is 23.9 Å². The number of ketones is 1. The van der Waals surface area contributed by atoms with Crippen LogP contribution in [0.3, 0.4) is 0 Å². The Hall–Kier alpha value is -2.80. The van der Waals surface area contributed by atoms with Gasteiger partial charge in [0.2, 0.25) is 0 Å². The Bertz CT molecular complexity index is 744. The zero-order chi connectivity index (χ0) is 16.1. The van der Waals surface area contributed by atoms with Crippen molar-refractivity contribution < 1.29 is 14.3 Å². The summed E-state index contributed by atoms with van der Waals surface area (Å²) in [5, 5.41) is 8.87. The first-order chi connectivity index (χ1) is 10.5. The number of nitrogens with zero attached hydrogens (tertiary/aromatic N) is 1. The Balaban J connectivity index is 2.13. The molecule has 22 heavy (non-hydrogen) atoms. The molecule has 112 valence electrons. The summed E-state index contributed by atoms with van der Waals surface area (Å²) in [5.74, 6) is 0.788. The number of carbonyl (C=O) groups is 1. The standard InChI is InChI=1S/C18H17NO3/c1-12-4-6-15(13(2)8-12)16(20)11-22-17-7-5-14(10-19)9-18(17)21-3/h4-9H,11H2,1-3H3. The molecule has 2 rings (SSSR count). The van der Waals surface area contributed by atoms with Gasteiger partial charge < -0.3 is 9.47 Å². The zero-order valence-electron chi connectivity index (χ0n) is 12.8. The van der Waals surface area contributed by atoms with Crippen LogP contribution in [0.4, 0.5) is 0 Å². The fourth-order valence-corrected chi connectivity index (χ4v) is 2.20. The Labute approximate surface area is 129 Å². The number of aryl methyl sites for hydroxylation is 2. The van der Waals surface area contributed by atoms with Crippen LogP contribution in [0.2, 0.25) is 0 Å². The lowest BCUT2D eigenvalue weighted by Gasteiger charge is -2.11. The number of carbonyl (C=O) groups excluding carboxylic acids is 1. The van der Waals surface area contributed by atoms with Gasteiger partial charge in [-0.3, -0.25) is 4.79 Å². The van der Waals surface area contributed by atoms with E-state index >= 15 is 0 Å². The summed E-state index contributed by atoms with van der Waals surface area (Å²) in [6, 6.07) is 12.6. The molecule has 4 nitrogen and oxygen atoms in total. The average Bonchev–Trinajstić information content (AvgIpc) is 2.52. The first-order valence-electron chi connectivity index (χ1n) is 6.86. The molecule has 2 aromatic rings. The van der Waals surface area contributed by atoms with Crippen molar-refractivity contribution in [1.29, 1.82) is 5.26 Å². The fourth-order valence-electron chi connectivity index (χ4n) is 2.20. The van der Waals surface area contributed by atoms with Crippen molar-refractivity contribution in [3.63, 3.8) is 0 Å². The third kappa shape index (κ3) is 3.44. The predicted molar refractivity (Wildman–Crippen MR) is 83.5 cm³/mol.